The number of nitro groups is 1. The predicted octanol–water partition coefficient (Wildman–Crippen LogP) is 0.920. The van der Waals surface area contributed by atoms with Crippen LogP contribution in [0.5, 0.6) is 0 Å². The summed E-state index contributed by atoms with van der Waals surface area (Å²) in [6, 6.07) is 0.901. The van der Waals surface area contributed by atoms with Gasteiger partial charge in [-0.3, -0.25) is 20.2 Å². The summed E-state index contributed by atoms with van der Waals surface area (Å²) in [4.78, 5) is 10.1. The molecule has 3 atom stereocenters. The predicted molar refractivity (Wildman–Crippen MR) is 77.5 cm³/mol. The number of rotatable bonds is 6. The average molecular weight is 297 g/mol. The fraction of sp³-hybridized carbons (Fsp3) is 0.769. The van der Waals surface area contributed by atoms with E-state index in [4.69, 9.17) is 0 Å². The maximum Gasteiger partial charge on any atom is 0.306 e. The maximum atomic E-state index is 10.6. The first kappa shape index (κ1) is 15.9. The monoisotopic (exact) mass is 297 g/mol. The van der Waals surface area contributed by atoms with Crippen molar-refractivity contribution in [3.05, 3.63) is 22.5 Å². The number of hydrazine groups is 1. The molecule has 21 heavy (non-hydrogen) atoms. The highest BCUT2D eigenvalue weighted by Crippen LogP contribution is 2.20. The standard InChI is InChI=1S/C13H23N5O3/c1-10-4-3-5-11(2)17(10)15-7-13(19)9-16-8-12(6-14-16)18(20)21/h6,8,10-11,13,15,19H,3-5,7,9H2,1-2H3. The van der Waals surface area contributed by atoms with Crippen LogP contribution in [0.2, 0.25) is 0 Å². The van der Waals surface area contributed by atoms with Gasteiger partial charge in [0.15, 0.2) is 0 Å². The number of nitrogens with one attached hydrogen (secondary N) is 1. The number of aliphatic hydroxyl groups is 1. The molecule has 1 aliphatic heterocycles. The first-order valence-electron chi connectivity index (χ1n) is 7.34. The Hall–Kier alpha value is -1.51. The Morgan fingerprint density at radius 1 is 1.52 bits per heavy atom. The van der Waals surface area contributed by atoms with E-state index in [0.717, 1.165) is 12.8 Å². The third-order valence-electron chi connectivity index (χ3n) is 3.93. The van der Waals surface area contributed by atoms with Crippen molar-refractivity contribution in [1.82, 2.24) is 20.2 Å². The molecule has 0 spiro atoms. The van der Waals surface area contributed by atoms with E-state index in [0.29, 0.717) is 18.6 Å². The molecule has 2 heterocycles. The Kier molecular flexibility index (Phi) is 5.27. The Bertz CT molecular complexity index is 468. The number of aromatic nitrogens is 2. The average Bonchev–Trinajstić information content (AvgIpc) is 2.87. The molecule has 0 saturated carbocycles. The molecule has 0 amide bonds. The van der Waals surface area contributed by atoms with Crippen LogP contribution in [0.15, 0.2) is 12.4 Å². The molecular formula is C13H23N5O3. The van der Waals surface area contributed by atoms with Crippen LogP contribution in [0.3, 0.4) is 0 Å². The highest BCUT2D eigenvalue weighted by Gasteiger charge is 2.24. The number of nitrogens with zero attached hydrogens (tertiary/aromatic N) is 4. The van der Waals surface area contributed by atoms with Gasteiger partial charge in [0.1, 0.15) is 12.4 Å². The highest BCUT2D eigenvalue weighted by atomic mass is 16.6. The SMILES string of the molecule is CC1CCCC(C)N1NCC(O)Cn1cc([N+](=O)[O-])cn1. The third kappa shape index (κ3) is 4.23. The lowest BCUT2D eigenvalue weighted by Crippen LogP contribution is -2.54. The van der Waals surface area contributed by atoms with Crippen molar-refractivity contribution in [2.24, 2.45) is 0 Å². The summed E-state index contributed by atoms with van der Waals surface area (Å²) in [6.45, 7) is 4.98. The lowest BCUT2D eigenvalue weighted by atomic mass is 10.00. The summed E-state index contributed by atoms with van der Waals surface area (Å²) >= 11 is 0. The van der Waals surface area contributed by atoms with Crippen molar-refractivity contribution in [3.63, 3.8) is 0 Å². The van der Waals surface area contributed by atoms with E-state index < -0.39 is 11.0 Å². The molecule has 1 aliphatic rings. The third-order valence-corrected chi connectivity index (χ3v) is 3.93. The van der Waals surface area contributed by atoms with Gasteiger partial charge in [0.25, 0.3) is 0 Å². The summed E-state index contributed by atoms with van der Waals surface area (Å²) in [5, 5.41) is 26.7. The molecule has 0 aromatic carbocycles. The van der Waals surface area contributed by atoms with Crippen molar-refractivity contribution in [3.8, 4) is 0 Å². The van der Waals surface area contributed by atoms with Crippen LogP contribution in [-0.4, -0.2) is 49.6 Å². The molecule has 8 nitrogen and oxygen atoms in total. The Labute approximate surface area is 123 Å². The second kappa shape index (κ2) is 6.97. The van der Waals surface area contributed by atoms with Crippen LogP contribution in [0, 0.1) is 10.1 Å². The minimum atomic E-state index is -0.647. The smallest absolute Gasteiger partial charge is 0.306 e. The lowest BCUT2D eigenvalue weighted by Gasteiger charge is -2.39. The van der Waals surface area contributed by atoms with Crippen molar-refractivity contribution < 1.29 is 10.0 Å². The molecule has 118 valence electrons. The van der Waals surface area contributed by atoms with E-state index in [1.54, 1.807) is 0 Å². The van der Waals surface area contributed by atoms with Crippen LogP contribution in [0.25, 0.3) is 0 Å². The highest BCUT2D eigenvalue weighted by molar-refractivity contribution is 5.20. The molecule has 0 aliphatic carbocycles. The van der Waals surface area contributed by atoms with E-state index in [2.05, 4.69) is 29.4 Å². The first-order valence-corrected chi connectivity index (χ1v) is 7.34. The molecule has 0 radical (unpaired) electrons. The van der Waals surface area contributed by atoms with E-state index in [1.807, 2.05) is 0 Å². The normalized spacial score (nSPS) is 24.9. The molecule has 1 aromatic rings. The molecule has 2 N–H and O–H groups in total. The molecule has 3 unspecified atom stereocenters. The summed E-state index contributed by atoms with van der Waals surface area (Å²) in [7, 11) is 0. The zero-order valence-electron chi connectivity index (χ0n) is 12.5. The van der Waals surface area contributed by atoms with Crippen molar-refractivity contribution in [2.45, 2.75) is 57.8 Å². The maximum absolute atomic E-state index is 10.6. The van der Waals surface area contributed by atoms with Crippen molar-refractivity contribution in [1.29, 1.82) is 0 Å². The van der Waals surface area contributed by atoms with Crippen LogP contribution in [-0.2, 0) is 6.54 Å². The fourth-order valence-electron chi connectivity index (χ4n) is 2.77. The largest absolute Gasteiger partial charge is 0.390 e. The van der Waals surface area contributed by atoms with Gasteiger partial charge < -0.3 is 5.11 Å². The summed E-state index contributed by atoms with van der Waals surface area (Å²) in [6.07, 6.45) is 5.41. The fourth-order valence-corrected chi connectivity index (χ4v) is 2.77. The Morgan fingerprint density at radius 2 is 2.19 bits per heavy atom. The van der Waals surface area contributed by atoms with Gasteiger partial charge in [-0.1, -0.05) is 6.42 Å². The van der Waals surface area contributed by atoms with E-state index in [-0.39, 0.29) is 12.2 Å². The van der Waals surface area contributed by atoms with Gasteiger partial charge in [0.2, 0.25) is 0 Å². The van der Waals surface area contributed by atoms with Gasteiger partial charge in [-0.15, -0.1) is 0 Å². The molecule has 1 saturated heterocycles. The molecular weight excluding hydrogens is 274 g/mol. The van der Waals surface area contributed by atoms with Crippen LogP contribution >= 0.6 is 0 Å². The molecule has 1 aromatic heterocycles. The van der Waals surface area contributed by atoms with Crippen molar-refractivity contribution >= 4 is 5.69 Å². The summed E-state index contributed by atoms with van der Waals surface area (Å²) in [5.41, 5.74) is 3.22. The Morgan fingerprint density at radius 3 is 2.76 bits per heavy atom. The number of aliphatic hydroxyl groups excluding tert-OH is 1. The first-order chi connectivity index (χ1) is 9.97. The quantitative estimate of drug-likeness (QED) is 0.598. The van der Waals surface area contributed by atoms with E-state index in [9.17, 15) is 15.2 Å². The zero-order valence-corrected chi connectivity index (χ0v) is 12.5. The summed E-state index contributed by atoms with van der Waals surface area (Å²) in [5.74, 6) is 0. The minimum absolute atomic E-state index is 0.0616. The second-order valence-corrected chi connectivity index (χ2v) is 5.73. The molecule has 1 fully saturated rings. The molecule has 2 rings (SSSR count). The summed E-state index contributed by atoms with van der Waals surface area (Å²) < 4.78 is 1.40. The number of piperidine rings is 1. The van der Waals surface area contributed by atoms with Crippen LogP contribution < -0.4 is 5.43 Å². The van der Waals surface area contributed by atoms with Crippen molar-refractivity contribution in [2.75, 3.05) is 6.54 Å². The minimum Gasteiger partial charge on any atom is -0.390 e. The van der Waals surface area contributed by atoms with Gasteiger partial charge in [0.05, 0.1) is 17.6 Å². The van der Waals surface area contributed by atoms with E-state index in [1.165, 1.54) is 23.5 Å². The zero-order chi connectivity index (χ0) is 15.4. The molecule has 0 bridgehead atoms. The lowest BCUT2D eigenvalue weighted by molar-refractivity contribution is -0.385. The topological polar surface area (TPSA) is 96.5 Å². The van der Waals surface area contributed by atoms with Crippen LogP contribution in [0.4, 0.5) is 5.69 Å². The van der Waals surface area contributed by atoms with Gasteiger partial charge >= 0.3 is 5.69 Å². The molecule has 8 heteroatoms. The van der Waals surface area contributed by atoms with Gasteiger partial charge in [-0.2, -0.15) is 5.10 Å². The second-order valence-electron chi connectivity index (χ2n) is 5.73. The Balaban J connectivity index is 1.81. The van der Waals surface area contributed by atoms with Crippen LogP contribution in [0.1, 0.15) is 33.1 Å². The van der Waals surface area contributed by atoms with Gasteiger partial charge in [-0.05, 0) is 26.7 Å². The van der Waals surface area contributed by atoms with Gasteiger partial charge in [0, 0.05) is 18.6 Å². The van der Waals surface area contributed by atoms with E-state index >= 15 is 0 Å². The number of hydrogen-bond donors (Lipinski definition) is 2. The van der Waals surface area contributed by atoms with Gasteiger partial charge in [-0.25, -0.2) is 5.01 Å². The number of hydrogen-bond acceptors (Lipinski definition) is 6.